The van der Waals surface area contributed by atoms with Crippen molar-refractivity contribution in [3.63, 3.8) is 0 Å². The molecule has 1 aromatic rings. The third-order valence-corrected chi connectivity index (χ3v) is 4.34. The van der Waals surface area contributed by atoms with Crippen LogP contribution in [0.2, 0.25) is 0 Å². The molecule has 0 aromatic heterocycles. The second kappa shape index (κ2) is 8.56. The summed E-state index contributed by atoms with van der Waals surface area (Å²) in [7, 11) is 0. The quantitative estimate of drug-likeness (QED) is 0.869. The molecule has 0 spiro atoms. The van der Waals surface area contributed by atoms with E-state index in [1.165, 1.54) is 0 Å². The Labute approximate surface area is 138 Å². The number of carbonyl (C=O) groups excluding carboxylic acids is 2. The van der Waals surface area contributed by atoms with Crippen LogP contribution in [0.1, 0.15) is 39.5 Å². The average Bonchev–Trinajstić information content (AvgIpc) is 2.86. The standard InChI is InChI=1S/C18H27N3O2/c1-3-20(4-2)16-11-9-15(10-12-16)19-17(22)18(23)21-13-7-5-6-8-14-21/h9-12H,3-8,13-14H2,1-2H3,(H,19,22). The van der Waals surface area contributed by atoms with Crippen LogP contribution in [0.3, 0.4) is 0 Å². The summed E-state index contributed by atoms with van der Waals surface area (Å²) in [6.07, 6.45) is 4.24. The van der Waals surface area contributed by atoms with Crippen molar-refractivity contribution in [3.8, 4) is 0 Å². The fraction of sp³-hybridized carbons (Fsp3) is 0.556. The van der Waals surface area contributed by atoms with E-state index < -0.39 is 11.8 Å². The number of hydrogen-bond acceptors (Lipinski definition) is 3. The van der Waals surface area contributed by atoms with Crippen molar-refractivity contribution in [1.82, 2.24) is 4.90 Å². The lowest BCUT2D eigenvalue weighted by molar-refractivity contribution is -0.143. The Balaban J connectivity index is 1.95. The van der Waals surface area contributed by atoms with E-state index in [-0.39, 0.29) is 0 Å². The number of likely N-dealkylation sites (tertiary alicyclic amines) is 1. The lowest BCUT2D eigenvalue weighted by Gasteiger charge is -2.21. The molecule has 0 unspecified atom stereocenters. The molecule has 1 saturated heterocycles. The Kier molecular flexibility index (Phi) is 6.44. The molecule has 1 N–H and O–H groups in total. The fourth-order valence-corrected chi connectivity index (χ4v) is 2.95. The maximum absolute atomic E-state index is 12.2. The first-order chi connectivity index (χ1) is 11.2. The molecule has 126 valence electrons. The third kappa shape index (κ3) is 4.71. The van der Waals surface area contributed by atoms with Gasteiger partial charge < -0.3 is 15.1 Å². The zero-order valence-corrected chi connectivity index (χ0v) is 14.2. The molecule has 1 aromatic carbocycles. The normalized spacial score (nSPS) is 15.0. The zero-order chi connectivity index (χ0) is 16.7. The van der Waals surface area contributed by atoms with Crippen LogP contribution in [0.4, 0.5) is 11.4 Å². The number of anilines is 2. The van der Waals surface area contributed by atoms with Gasteiger partial charge in [0.15, 0.2) is 0 Å². The van der Waals surface area contributed by atoms with Gasteiger partial charge in [0, 0.05) is 37.6 Å². The summed E-state index contributed by atoms with van der Waals surface area (Å²) in [6, 6.07) is 7.64. The van der Waals surface area contributed by atoms with Gasteiger partial charge in [-0.25, -0.2) is 0 Å². The summed E-state index contributed by atoms with van der Waals surface area (Å²) in [5.41, 5.74) is 1.78. The average molecular weight is 317 g/mol. The third-order valence-electron chi connectivity index (χ3n) is 4.34. The largest absolute Gasteiger partial charge is 0.372 e. The summed E-state index contributed by atoms with van der Waals surface area (Å²) in [5, 5.41) is 2.71. The smallest absolute Gasteiger partial charge is 0.313 e. The molecular weight excluding hydrogens is 290 g/mol. The van der Waals surface area contributed by atoms with Crippen LogP contribution in [0, 0.1) is 0 Å². The highest BCUT2D eigenvalue weighted by molar-refractivity contribution is 6.39. The van der Waals surface area contributed by atoms with Gasteiger partial charge in [-0.2, -0.15) is 0 Å². The highest BCUT2D eigenvalue weighted by atomic mass is 16.2. The fourth-order valence-electron chi connectivity index (χ4n) is 2.95. The van der Waals surface area contributed by atoms with Gasteiger partial charge in [0.05, 0.1) is 0 Å². The van der Waals surface area contributed by atoms with Crippen molar-refractivity contribution >= 4 is 23.2 Å². The van der Waals surface area contributed by atoms with Crippen LogP contribution in [-0.4, -0.2) is 42.9 Å². The molecule has 2 rings (SSSR count). The number of nitrogens with zero attached hydrogens (tertiary/aromatic N) is 2. The van der Waals surface area contributed by atoms with Crippen molar-refractivity contribution < 1.29 is 9.59 Å². The molecule has 0 radical (unpaired) electrons. The molecular formula is C18H27N3O2. The minimum Gasteiger partial charge on any atom is -0.372 e. The van der Waals surface area contributed by atoms with E-state index >= 15 is 0 Å². The van der Waals surface area contributed by atoms with E-state index in [0.717, 1.165) is 44.5 Å². The Bertz CT molecular complexity index is 516. The van der Waals surface area contributed by atoms with Crippen LogP contribution in [0.15, 0.2) is 24.3 Å². The Hall–Kier alpha value is -2.04. The summed E-state index contributed by atoms with van der Waals surface area (Å²) in [6.45, 7) is 7.48. The lowest BCUT2D eigenvalue weighted by Crippen LogP contribution is -2.40. The Morgan fingerprint density at radius 2 is 1.57 bits per heavy atom. The van der Waals surface area contributed by atoms with E-state index in [4.69, 9.17) is 0 Å². The second-order valence-electron chi connectivity index (χ2n) is 5.88. The van der Waals surface area contributed by atoms with Gasteiger partial charge in [0.2, 0.25) is 0 Å². The van der Waals surface area contributed by atoms with Crippen molar-refractivity contribution in [1.29, 1.82) is 0 Å². The summed E-state index contributed by atoms with van der Waals surface area (Å²) >= 11 is 0. The van der Waals surface area contributed by atoms with E-state index in [1.807, 2.05) is 24.3 Å². The molecule has 0 atom stereocenters. The number of benzene rings is 1. The van der Waals surface area contributed by atoms with E-state index in [1.54, 1.807) is 4.90 Å². The number of carbonyl (C=O) groups is 2. The minimum atomic E-state index is -0.539. The molecule has 1 aliphatic rings. The Morgan fingerprint density at radius 1 is 1.00 bits per heavy atom. The predicted octanol–water partition coefficient (Wildman–Crippen LogP) is 2.87. The van der Waals surface area contributed by atoms with Crippen LogP contribution in [0.25, 0.3) is 0 Å². The number of amides is 2. The summed E-state index contributed by atoms with van der Waals surface area (Å²) < 4.78 is 0. The molecule has 2 amide bonds. The van der Waals surface area contributed by atoms with Crippen LogP contribution in [-0.2, 0) is 9.59 Å². The van der Waals surface area contributed by atoms with Crippen LogP contribution >= 0.6 is 0 Å². The van der Waals surface area contributed by atoms with Gasteiger partial charge in [-0.1, -0.05) is 12.8 Å². The van der Waals surface area contributed by atoms with Crippen molar-refractivity contribution in [2.24, 2.45) is 0 Å². The van der Waals surface area contributed by atoms with Gasteiger partial charge in [0.1, 0.15) is 0 Å². The predicted molar refractivity (Wildman–Crippen MR) is 93.7 cm³/mol. The Morgan fingerprint density at radius 3 is 2.09 bits per heavy atom. The number of nitrogens with one attached hydrogen (secondary N) is 1. The molecule has 1 heterocycles. The van der Waals surface area contributed by atoms with Crippen molar-refractivity contribution in [2.75, 3.05) is 36.4 Å². The highest BCUT2D eigenvalue weighted by Gasteiger charge is 2.22. The molecule has 23 heavy (non-hydrogen) atoms. The first-order valence-corrected chi connectivity index (χ1v) is 8.61. The van der Waals surface area contributed by atoms with Gasteiger partial charge in [-0.05, 0) is 51.0 Å². The van der Waals surface area contributed by atoms with E-state index in [9.17, 15) is 9.59 Å². The first kappa shape index (κ1) is 17.3. The molecule has 5 nitrogen and oxygen atoms in total. The minimum absolute atomic E-state index is 0.417. The SMILES string of the molecule is CCN(CC)c1ccc(NC(=O)C(=O)N2CCCCCC2)cc1. The van der Waals surface area contributed by atoms with Gasteiger partial charge in [-0.3, -0.25) is 9.59 Å². The van der Waals surface area contributed by atoms with E-state index in [0.29, 0.717) is 18.8 Å². The van der Waals surface area contributed by atoms with Gasteiger partial charge in [-0.15, -0.1) is 0 Å². The summed E-state index contributed by atoms with van der Waals surface area (Å²) in [4.78, 5) is 28.3. The zero-order valence-electron chi connectivity index (χ0n) is 14.2. The topological polar surface area (TPSA) is 52.7 Å². The molecule has 5 heteroatoms. The maximum atomic E-state index is 12.2. The monoisotopic (exact) mass is 317 g/mol. The molecule has 0 saturated carbocycles. The molecule has 0 bridgehead atoms. The first-order valence-electron chi connectivity index (χ1n) is 8.61. The van der Waals surface area contributed by atoms with E-state index in [2.05, 4.69) is 24.1 Å². The summed E-state index contributed by atoms with van der Waals surface area (Å²) in [5.74, 6) is -0.956. The number of hydrogen-bond donors (Lipinski definition) is 1. The van der Waals surface area contributed by atoms with Gasteiger partial charge in [0.25, 0.3) is 0 Å². The van der Waals surface area contributed by atoms with Crippen LogP contribution < -0.4 is 10.2 Å². The highest BCUT2D eigenvalue weighted by Crippen LogP contribution is 2.18. The molecule has 0 aliphatic carbocycles. The maximum Gasteiger partial charge on any atom is 0.313 e. The second-order valence-corrected chi connectivity index (χ2v) is 5.88. The molecule has 1 fully saturated rings. The lowest BCUT2D eigenvalue weighted by atomic mass is 10.2. The molecule has 1 aliphatic heterocycles. The van der Waals surface area contributed by atoms with Gasteiger partial charge >= 0.3 is 11.8 Å². The van der Waals surface area contributed by atoms with Crippen molar-refractivity contribution in [2.45, 2.75) is 39.5 Å². The van der Waals surface area contributed by atoms with Crippen LogP contribution in [0.5, 0.6) is 0 Å². The number of rotatable bonds is 4. The van der Waals surface area contributed by atoms with Crippen molar-refractivity contribution in [3.05, 3.63) is 24.3 Å².